The maximum atomic E-state index is 9.88. The number of rotatable bonds is 2. The number of aliphatic hydroxyl groups is 1. The molecule has 3 atom stereocenters. The molecule has 1 fully saturated rings. The summed E-state index contributed by atoms with van der Waals surface area (Å²) in [6.45, 7) is 0. The zero-order chi connectivity index (χ0) is 16.5. The topological polar surface area (TPSA) is 40.5 Å². The van der Waals surface area contributed by atoms with Gasteiger partial charge in [-0.25, -0.2) is 0 Å². The smallest absolute Gasteiger partial charge is 0.115 e. The van der Waals surface area contributed by atoms with Gasteiger partial charge >= 0.3 is 0 Å². The summed E-state index contributed by atoms with van der Waals surface area (Å²) in [7, 11) is 0. The van der Waals surface area contributed by atoms with Crippen LogP contribution in [-0.4, -0.2) is 10.2 Å². The van der Waals surface area contributed by atoms with Crippen molar-refractivity contribution in [1.82, 2.24) is 0 Å². The molecule has 2 heteroatoms. The number of fused-ring (bicyclic) bond motifs is 1. The minimum atomic E-state index is 0.308. The first kappa shape index (κ1) is 15.1. The van der Waals surface area contributed by atoms with Crippen molar-refractivity contribution in [2.45, 2.75) is 31.1 Å². The van der Waals surface area contributed by atoms with E-state index in [4.69, 9.17) is 0 Å². The third-order valence-corrected chi connectivity index (χ3v) is 5.51. The van der Waals surface area contributed by atoms with E-state index >= 15 is 0 Å². The predicted octanol–water partition coefficient (Wildman–Crippen LogP) is 5.44. The molecule has 0 heterocycles. The number of hydrogen-bond acceptors (Lipinski definition) is 2. The minimum absolute atomic E-state index is 0.308. The molecule has 0 spiro atoms. The first-order valence-corrected chi connectivity index (χ1v) is 8.66. The van der Waals surface area contributed by atoms with E-state index in [0.717, 1.165) is 19.3 Å². The fourth-order valence-electron chi connectivity index (χ4n) is 4.41. The Labute approximate surface area is 142 Å². The zero-order valence-electron chi connectivity index (χ0n) is 13.6. The lowest BCUT2D eigenvalue weighted by atomic mass is 9.62. The van der Waals surface area contributed by atoms with Crippen molar-refractivity contribution in [2.75, 3.05) is 0 Å². The van der Waals surface area contributed by atoms with Crippen molar-refractivity contribution in [3.05, 3.63) is 89.2 Å². The standard InChI is InChI=1S/C22H22O2/c23-18-9-6-16(7-10-18)22-20(15-4-2-1-3-5-15)12-8-17-14-19(24)11-13-21(17)22/h1-7,9-11,14,20-24H,8,12-13H2. The Balaban J connectivity index is 1.77. The van der Waals surface area contributed by atoms with Gasteiger partial charge in [-0.1, -0.05) is 48.0 Å². The Bertz CT molecular complexity index is 771. The van der Waals surface area contributed by atoms with Gasteiger partial charge in [-0.05, 0) is 72.4 Å². The molecule has 0 bridgehead atoms. The van der Waals surface area contributed by atoms with E-state index in [1.807, 2.05) is 12.2 Å². The van der Waals surface area contributed by atoms with E-state index in [-0.39, 0.29) is 0 Å². The molecule has 4 rings (SSSR count). The van der Waals surface area contributed by atoms with Crippen LogP contribution in [0, 0.1) is 5.92 Å². The van der Waals surface area contributed by atoms with Crippen LogP contribution >= 0.6 is 0 Å². The predicted molar refractivity (Wildman–Crippen MR) is 96.2 cm³/mol. The number of phenols is 1. The highest BCUT2D eigenvalue weighted by Gasteiger charge is 2.38. The number of allylic oxidation sites excluding steroid dienone is 3. The molecule has 2 aromatic rings. The quantitative estimate of drug-likeness (QED) is 0.774. The molecule has 2 aromatic carbocycles. The van der Waals surface area contributed by atoms with Crippen LogP contribution in [0.2, 0.25) is 0 Å². The van der Waals surface area contributed by atoms with Crippen molar-refractivity contribution in [1.29, 1.82) is 0 Å². The van der Waals surface area contributed by atoms with Crippen molar-refractivity contribution in [3.8, 4) is 5.75 Å². The zero-order valence-corrected chi connectivity index (χ0v) is 13.6. The summed E-state index contributed by atoms with van der Waals surface area (Å²) < 4.78 is 0. The lowest BCUT2D eigenvalue weighted by Gasteiger charge is -2.41. The largest absolute Gasteiger partial charge is 0.508 e. The Kier molecular flexibility index (Phi) is 3.89. The van der Waals surface area contributed by atoms with Gasteiger partial charge in [0.25, 0.3) is 0 Å². The third-order valence-electron chi connectivity index (χ3n) is 5.51. The van der Waals surface area contributed by atoms with Gasteiger partial charge in [0.15, 0.2) is 0 Å². The van der Waals surface area contributed by atoms with Crippen molar-refractivity contribution in [3.63, 3.8) is 0 Å². The minimum Gasteiger partial charge on any atom is -0.508 e. The molecule has 2 aliphatic rings. The normalized spacial score (nSPS) is 26.2. The fraction of sp³-hybridized carbons (Fsp3) is 0.273. The summed E-state index contributed by atoms with van der Waals surface area (Å²) in [5.41, 5.74) is 4.01. The number of phenolic OH excluding ortho intramolecular Hbond substituents is 1. The summed E-state index contributed by atoms with van der Waals surface area (Å²) >= 11 is 0. The number of benzene rings is 2. The van der Waals surface area contributed by atoms with Crippen molar-refractivity contribution in [2.24, 2.45) is 5.92 Å². The third kappa shape index (κ3) is 2.73. The van der Waals surface area contributed by atoms with E-state index in [1.165, 1.54) is 16.7 Å². The van der Waals surface area contributed by atoms with Crippen LogP contribution in [0.3, 0.4) is 0 Å². The van der Waals surface area contributed by atoms with Crippen LogP contribution in [0.5, 0.6) is 5.75 Å². The van der Waals surface area contributed by atoms with Gasteiger partial charge in [-0.2, -0.15) is 0 Å². The molecule has 0 saturated heterocycles. The van der Waals surface area contributed by atoms with E-state index in [0.29, 0.717) is 29.3 Å². The summed E-state index contributed by atoms with van der Waals surface area (Å²) in [5, 5.41) is 19.5. The van der Waals surface area contributed by atoms with Gasteiger partial charge in [0, 0.05) is 0 Å². The average Bonchev–Trinajstić information content (AvgIpc) is 2.62. The second-order valence-electron chi connectivity index (χ2n) is 6.86. The molecule has 0 aliphatic heterocycles. The van der Waals surface area contributed by atoms with Gasteiger partial charge in [-0.3, -0.25) is 0 Å². The molecular formula is C22H22O2. The monoisotopic (exact) mass is 318 g/mol. The highest BCUT2D eigenvalue weighted by Crippen LogP contribution is 2.52. The van der Waals surface area contributed by atoms with Gasteiger partial charge in [0.05, 0.1) is 0 Å². The van der Waals surface area contributed by atoms with Crippen LogP contribution in [0.15, 0.2) is 78.1 Å². The van der Waals surface area contributed by atoms with Crippen LogP contribution in [-0.2, 0) is 0 Å². The number of aliphatic hydroxyl groups excluding tert-OH is 1. The van der Waals surface area contributed by atoms with Gasteiger partial charge < -0.3 is 10.2 Å². The van der Waals surface area contributed by atoms with Crippen LogP contribution < -0.4 is 0 Å². The number of aromatic hydroxyl groups is 1. The Morgan fingerprint density at radius 2 is 1.54 bits per heavy atom. The van der Waals surface area contributed by atoms with Gasteiger partial charge in [-0.15, -0.1) is 0 Å². The highest BCUT2D eigenvalue weighted by molar-refractivity contribution is 5.39. The van der Waals surface area contributed by atoms with Gasteiger partial charge in [0.2, 0.25) is 0 Å². The van der Waals surface area contributed by atoms with E-state index in [9.17, 15) is 10.2 Å². The van der Waals surface area contributed by atoms with Crippen LogP contribution in [0.25, 0.3) is 0 Å². The molecule has 3 unspecified atom stereocenters. The molecule has 0 amide bonds. The summed E-state index contributed by atoms with van der Waals surface area (Å²) in [4.78, 5) is 0. The van der Waals surface area contributed by atoms with Crippen molar-refractivity contribution >= 4 is 0 Å². The first-order chi connectivity index (χ1) is 11.7. The molecule has 0 aromatic heterocycles. The Hall–Kier alpha value is -2.48. The molecule has 24 heavy (non-hydrogen) atoms. The molecule has 122 valence electrons. The van der Waals surface area contributed by atoms with Gasteiger partial charge in [0.1, 0.15) is 11.5 Å². The maximum Gasteiger partial charge on any atom is 0.115 e. The second kappa shape index (κ2) is 6.20. The fourth-order valence-corrected chi connectivity index (χ4v) is 4.41. The lowest BCUT2D eigenvalue weighted by Crippen LogP contribution is -2.28. The highest BCUT2D eigenvalue weighted by atomic mass is 16.3. The lowest BCUT2D eigenvalue weighted by molar-refractivity contribution is 0.327. The van der Waals surface area contributed by atoms with E-state index < -0.39 is 0 Å². The van der Waals surface area contributed by atoms with E-state index in [2.05, 4.69) is 42.5 Å². The average molecular weight is 318 g/mol. The van der Waals surface area contributed by atoms with E-state index in [1.54, 1.807) is 12.1 Å². The molecule has 2 N–H and O–H groups in total. The van der Waals surface area contributed by atoms with Crippen molar-refractivity contribution < 1.29 is 10.2 Å². The SMILES string of the molecule is OC1=CCC2C(=C1)CCC(c1ccccc1)C2c1ccc(O)cc1. The Morgan fingerprint density at radius 1 is 0.792 bits per heavy atom. The molecule has 2 aliphatic carbocycles. The summed E-state index contributed by atoms with van der Waals surface area (Å²) in [6.07, 6.45) is 6.91. The molecule has 2 nitrogen and oxygen atoms in total. The second-order valence-corrected chi connectivity index (χ2v) is 6.86. The first-order valence-electron chi connectivity index (χ1n) is 8.66. The van der Waals surface area contributed by atoms with Crippen LogP contribution in [0.4, 0.5) is 0 Å². The Morgan fingerprint density at radius 3 is 2.29 bits per heavy atom. The molecular weight excluding hydrogens is 296 g/mol. The molecule has 0 radical (unpaired) electrons. The molecule has 1 saturated carbocycles. The summed E-state index contributed by atoms with van der Waals surface area (Å²) in [6, 6.07) is 18.4. The van der Waals surface area contributed by atoms with Crippen LogP contribution in [0.1, 0.15) is 42.2 Å². The number of hydrogen-bond donors (Lipinski definition) is 2. The summed E-state index contributed by atoms with van der Waals surface area (Å²) in [5.74, 6) is 1.97. The maximum absolute atomic E-state index is 9.88.